The number of carbonyl (C=O) groups excluding carboxylic acids is 1. The molecule has 2 aliphatic heterocycles. The standard InChI is InChI=1S/C16H31N3O/c1-3-18(12-15-6-8-17-9-7-15)13-16(20)19-10-4-5-14(2)11-19/h14-15,17H,3-13H2,1-2H3. The molecule has 0 aromatic carbocycles. The van der Waals surface area contributed by atoms with Crippen molar-refractivity contribution in [2.45, 2.75) is 39.5 Å². The minimum absolute atomic E-state index is 0.340. The topological polar surface area (TPSA) is 35.6 Å². The number of carbonyl (C=O) groups is 1. The van der Waals surface area contributed by atoms with E-state index in [-0.39, 0.29) is 0 Å². The van der Waals surface area contributed by atoms with E-state index in [1.807, 2.05) is 0 Å². The molecule has 2 fully saturated rings. The van der Waals surface area contributed by atoms with Gasteiger partial charge in [0.2, 0.25) is 5.91 Å². The minimum atomic E-state index is 0.340. The summed E-state index contributed by atoms with van der Waals surface area (Å²) < 4.78 is 0. The predicted molar refractivity (Wildman–Crippen MR) is 82.7 cm³/mol. The normalized spacial score (nSPS) is 25.1. The summed E-state index contributed by atoms with van der Waals surface area (Å²) >= 11 is 0. The molecule has 2 saturated heterocycles. The second-order valence-electron chi connectivity index (χ2n) is 6.61. The van der Waals surface area contributed by atoms with Gasteiger partial charge in [-0.05, 0) is 57.2 Å². The van der Waals surface area contributed by atoms with Crippen molar-refractivity contribution in [3.8, 4) is 0 Å². The van der Waals surface area contributed by atoms with E-state index in [2.05, 4.69) is 29.0 Å². The van der Waals surface area contributed by atoms with Crippen molar-refractivity contribution in [1.29, 1.82) is 0 Å². The summed E-state index contributed by atoms with van der Waals surface area (Å²) in [5.41, 5.74) is 0. The fraction of sp³-hybridized carbons (Fsp3) is 0.938. The van der Waals surface area contributed by atoms with E-state index in [1.54, 1.807) is 0 Å². The lowest BCUT2D eigenvalue weighted by Crippen LogP contribution is -2.46. The maximum Gasteiger partial charge on any atom is 0.236 e. The fourth-order valence-electron chi connectivity index (χ4n) is 3.44. The Balaban J connectivity index is 1.77. The molecule has 2 heterocycles. The average Bonchev–Trinajstić information content (AvgIpc) is 2.47. The summed E-state index contributed by atoms with van der Waals surface area (Å²) in [6.45, 7) is 11.3. The maximum atomic E-state index is 12.4. The van der Waals surface area contributed by atoms with Crippen molar-refractivity contribution in [2.75, 3.05) is 45.8 Å². The zero-order valence-corrected chi connectivity index (χ0v) is 13.2. The van der Waals surface area contributed by atoms with Gasteiger partial charge < -0.3 is 10.2 Å². The second-order valence-corrected chi connectivity index (χ2v) is 6.61. The highest BCUT2D eigenvalue weighted by molar-refractivity contribution is 5.78. The van der Waals surface area contributed by atoms with E-state index in [9.17, 15) is 4.79 Å². The van der Waals surface area contributed by atoms with Crippen molar-refractivity contribution in [3.63, 3.8) is 0 Å². The Morgan fingerprint density at radius 3 is 2.70 bits per heavy atom. The Hall–Kier alpha value is -0.610. The highest BCUT2D eigenvalue weighted by Gasteiger charge is 2.23. The van der Waals surface area contributed by atoms with E-state index < -0.39 is 0 Å². The molecular weight excluding hydrogens is 250 g/mol. The number of likely N-dealkylation sites (tertiary alicyclic amines) is 1. The van der Waals surface area contributed by atoms with Crippen molar-refractivity contribution >= 4 is 5.91 Å². The first-order chi connectivity index (χ1) is 9.69. The lowest BCUT2D eigenvalue weighted by atomic mass is 9.97. The first-order valence-corrected chi connectivity index (χ1v) is 8.40. The third kappa shape index (κ3) is 4.74. The number of rotatable bonds is 5. The number of likely N-dealkylation sites (N-methyl/N-ethyl adjacent to an activating group) is 1. The van der Waals surface area contributed by atoms with E-state index in [1.165, 1.54) is 25.7 Å². The molecule has 4 nitrogen and oxygen atoms in total. The summed E-state index contributed by atoms with van der Waals surface area (Å²) in [5.74, 6) is 1.78. The molecule has 0 saturated carbocycles. The molecule has 1 atom stereocenters. The first kappa shape index (κ1) is 15.8. The molecule has 4 heteroatoms. The van der Waals surface area contributed by atoms with Gasteiger partial charge >= 0.3 is 0 Å². The highest BCUT2D eigenvalue weighted by Crippen LogP contribution is 2.17. The van der Waals surface area contributed by atoms with Crippen LogP contribution in [0.4, 0.5) is 0 Å². The van der Waals surface area contributed by atoms with Crippen LogP contribution in [0.25, 0.3) is 0 Å². The van der Waals surface area contributed by atoms with Gasteiger partial charge in [0.25, 0.3) is 0 Å². The molecule has 1 amide bonds. The van der Waals surface area contributed by atoms with E-state index in [0.717, 1.165) is 45.2 Å². The molecule has 116 valence electrons. The second kappa shape index (κ2) is 7.99. The Labute approximate surface area is 123 Å². The molecule has 0 bridgehead atoms. The van der Waals surface area contributed by atoms with E-state index in [0.29, 0.717) is 18.4 Å². The van der Waals surface area contributed by atoms with Crippen LogP contribution in [-0.4, -0.2) is 61.5 Å². The smallest absolute Gasteiger partial charge is 0.236 e. The van der Waals surface area contributed by atoms with Gasteiger partial charge in [-0.3, -0.25) is 9.69 Å². The van der Waals surface area contributed by atoms with Gasteiger partial charge in [-0.1, -0.05) is 13.8 Å². The Morgan fingerprint density at radius 2 is 2.05 bits per heavy atom. The Morgan fingerprint density at radius 1 is 1.30 bits per heavy atom. The quantitative estimate of drug-likeness (QED) is 0.831. The van der Waals surface area contributed by atoms with Gasteiger partial charge in [-0.2, -0.15) is 0 Å². The summed E-state index contributed by atoms with van der Waals surface area (Å²) in [7, 11) is 0. The summed E-state index contributed by atoms with van der Waals surface area (Å²) in [6, 6.07) is 0. The van der Waals surface area contributed by atoms with Crippen LogP contribution in [0, 0.1) is 11.8 Å². The Bertz CT molecular complexity index is 302. The molecule has 20 heavy (non-hydrogen) atoms. The zero-order chi connectivity index (χ0) is 14.4. The average molecular weight is 281 g/mol. The molecule has 0 radical (unpaired) electrons. The monoisotopic (exact) mass is 281 g/mol. The van der Waals surface area contributed by atoms with Crippen LogP contribution in [0.3, 0.4) is 0 Å². The predicted octanol–water partition coefficient (Wildman–Crippen LogP) is 1.57. The molecule has 1 N–H and O–H groups in total. The largest absolute Gasteiger partial charge is 0.341 e. The van der Waals surface area contributed by atoms with Crippen molar-refractivity contribution < 1.29 is 4.79 Å². The van der Waals surface area contributed by atoms with Crippen LogP contribution in [0.2, 0.25) is 0 Å². The Kier molecular flexibility index (Phi) is 6.30. The number of nitrogens with one attached hydrogen (secondary N) is 1. The molecule has 0 spiro atoms. The number of amides is 1. The molecule has 2 rings (SSSR count). The summed E-state index contributed by atoms with van der Waals surface area (Å²) in [4.78, 5) is 16.9. The fourth-order valence-corrected chi connectivity index (χ4v) is 3.44. The van der Waals surface area contributed by atoms with Gasteiger partial charge in [0.1, 0.15) is 0 Å². The lowest BCUT2D eigenvalue weighted by molar-refractivity contribution is -0.134. The molecule has 0 aromatic heterocycles. The van der Waals surface area contributed by atoms with Crippen molar-refractivity contribution in [3.05, 3.63) is 0 Å². The maximum absolute atomic E-state index is 12.4. The molecule has 0 aromatic rings. The van der Waals surface area contributed by atoms with Gasteiger partial charge in [0, 0.05) is 19.6 Å². The van der Waals surface area contributed by atoms with Crippen LogP contribution in [0.5, 0.6) is 0 Å². The van der Waals surface area contributed by atoms with Crippen LogP contribution in [-0.2, 0) is 4.79 Å². The van der Waals surface area contributed by atoms with Crippen molar-refractivity contribution in [2.24, 2.45) is 11.8 Å². The molecule has 0 aliphatic carbocycles. The SMILES string of the molecule is CCN(CC(=O)N1CCCC(C)C1)CC1CCNCC1. The lowest BCUT2D eigenvalue weighted by Gasteiger charge is -2.34. The van der Waals surface area contributed by atoms with Gasteiger partial charge in [-0.15, -0.1) is 0 Å². The van der Waals surface area contributed by atoms with E-state index in [4.69, 9.17) is 0 Å². The van der Waals surface area contributed by atoms with E-state index >= 15 is 0 Å². The minimum Gasteiger partial charge on any atom is -0.341 e. The first-order valence-electron chi connectivity index (χ1n) is 8.40. The summed E-state index contributed by atoms with van der Waals surface area (Å²) in [5, 5.41) is 3.41. The number of hydrogen-bond donors (Lipinski definition) is 1. The van der Waals surface area contributed by atoms with Crippen LogP contribution in [0.1, 0.15) is 39.5 Å². The molecule has 2 aliphatic rings. The number of piperidine rings is 2. The number of nitrogens with zero attached hydrogens (tertiary/aromatic N) is 2. The van der Waals surface area contributed by atoms with Crippen molar-refractivity contribution in [1.82, 2.24) is 15.1 Å². The molecular formula is C16H31N3O. The summed E-state index contributed by atoms with van der Waals surface area (Å²) in [6.07, 6.45) is 4.96. The molecule has 1 unspecified atom stereocenters. The van der Waals surface area contributed by atoms with Crippen LogP contribution in [0.15, 0.2) is 0 Å². The zero-order valence-electron chi connectivity index (χ0n) is 13.2. The van der Waals surface area contributed by atoms with Gasteiger partial charge in [-0.25, -0.2) is 0 Å². The number of hydrogen-bond acceptors (Lipinski definition) is 3. The van der Waals surface area contributed by atoms with Gasteiger partial charge in [0.15, 0.2) is 0 Å². The highest BCUT2D eigenvalue weighted by atomic mass is 16.2. The van der Waals surface area contributed by atoms with Crippen LogP contribution >= 0.6 is 0 Å². The third-order valence-corrected chi connectivity index (χ3v) is 4.79. The van der Waals surface area contributed by atoms with Gasteiger partial charge in [0.05, 0.1) is 6.54 Å². The third-order valence-electron chi connectivity index (χ3n) is 4.79. The van der Waals surface area contributed by atoms with Crippen LogP contribution < -0.4 is 5.32 Å².